The molecule has 0 spiro atoms. The Labute approximate surface area is 194 Å². The smallest absolute Gasteiger partial charge is 0.412 e. The molecule has 1 aliphatic rings. The quantitative estimate of drug-likeness (QED) is 0.577. The van der Waals surface area contributed by atoms with Crippen LogP contribution in [0.15, 0.2) is 48.8 Å². The van der Waals surface area contributed by atoms with Crippen LogP contribution in [0.5, 0.6) is 5.75 Å². The second-order valence-electron chi connectivity index (χ2n) is 7.65. The molecule has 4 rings (SSSR count). The predicted octanol–water partition coefficient (Wildman–Crippen LogP) is 4.19. The van der Waals surface area contributed by atoms with Gasteiger partial charge in [-0.1, -0.05) is 17.7 Å². The summed E-state index contributed by atoms with van der Waals surface area (Å²) in [5.74, 6) is -1.27. The van der Waals surface area contributed by atoms with Crippen molar-refractivity contribution >= 4 is 23.7 Å². The molecule has 0 aliphatic carbocycles. The standard InChI is InChI=1S/C23H21ClFN3O5/c1-14-10-26-27(11-14)13-33-23(31)28-7-6-15-8-17(25)3-4-18(15)22(28)19-9-16(24)2-5-20(19)32-12-21(29)30/h2-5,8-11,22H,6-7,12-13H2,1H3,(H,29,30)/t22-/m0/s1. The number of fused-ring (bicyclic) bond motifs is 1. The number of carbonyl (C=O) groups is 2. The number of carboxylic acids is 1. The lowest BCUT2D eigenvalue weighted by Gasteiger charge is -2.37. The number of hydrogen-bond donors (Lipinski definition) is 1. The first kappa shape index (κ1) is 22.6. The molecule has 1 aliphatic heterocycles. The van der Waals surface area contributed by atoms with Gasteiger partial charge in [0.05, 0.1) is 12.2 Å². The van der Waals surface area contributed by atoms with E-state index in [0.717, 1.165) is 11.1 Å². The molecular formula is C23H21ClFN3O5. The van der Waals surface area contributed by atoms with Crippen LogP contribution < -0.4 is 4.74 Å². The Morgan fingerprint density at radius 2 is 2.06 bits per heavy atom. The third-order valence-electron chi connectivity index (χ3n) is 5.27. The summed E-state index contributed by atoms with van der Waals surface area (Å²) in [7, 11) is 0. The fraction of sp³-hybridized carbons (Fsp3) is 0.261. The molecule has 0 saturated heterocycles. The van der Waals surface area contributed by atoms with Gasteiger partial charge in [-0.05, 0) is 60.4 Å². The molecule has 172 valence electrons. The maximum atomic E-state index is 13.9. The van der Waals surface area contributed by atoms with Crippen LogP contribution in [0, 0.1) is 12.7 Å². The highest BCUT2D eigenvalue weighted by Crippen LogP contribution is 2.41. The van der Waals surface area contributed by atoms with Gasteiger partial charge < -0.3 is 14.6 Å². The largest absolute Gasteiger partial charge is 0.482 e. The Kier molecular flexibility index (Phi) is 6.50. The fourth-order valence-electron chi connectivity index (χ4n) is 3.87. The minimum absolute atomic E-state index is 0.0793. The van der Waals surface area contributed by atoms with E-state index in [1.807, 2.05) is 6.92 Å². The van der Waals surface area contributed by atoms with E-state index in [9.17, 15) is 14.0 Å². The summed E-state index contributed by atoms with van der Waals surface area (Å²) in [6, 6.07) is 8.36. The van der Waals surface area contributed by atoms with Crippen molar-refractivity contribution in [1.82, 2.24) is 14.7 Å². The van der Waals surface area contributed by atoms with Gasteiger partial charge in [0.25, 0.3) is 0 Å². The van der Waals surface area contributed by atoms with Crippen molar-refractivity contribution in [3.63, 3.8) is 0 Å². The highest BCUT2D eigenvalue weighted by molar-refractivity contribution is 6.30. The molecule has 2 aromatic carbocycles. The number of aliphatic carboxylic acids is 1. The third-order valence-corrected chi connectivity index (χ3v) is 5.50. The monoisotopic (exact) mass is 473 g/mol. The number of amides is 1. The van der Waals surface area contributed by atoms with Crippen LogP contribution in [-0.2, 0) is 22.7 Å². The molecule has 1 atom stereocenters. The van der Waals surface area contributed by atoms with E-state index >= 15 is 0 Å². The molecule has 1 aromatic heterocycles. The van der Waals surface area contributed by atoms with E-state index in [4.69, 9.17) is 26.2 Å². The number of rotatable bonds is 6. The summed E-state index contributed by atoms with van der Waals surface area (Å²) in [6.45, 7) is 1.48. The van der Waals surface area contributed by atoms with Gasteiger partial charge in [0.1, 0.15) is 11.6 Å². The summed E-state index contributed by atoms with van der Waals surface area (Å²) in [4.78, 5) is 25.7. The summed E-state index contributed by atoms with van der Waals surface area (Å²) < 4.78 is 26.4. The fourth-order valence-corrected chi connectivity index (χ4v) is 4.05. The first-order valence-corrected chi connectivity index (χ1v) is 10.5. The van der Waals surface area contributed by atoms with Crippen LogP contribution in [-0.4, -0.2) is 45.0 Å². The van der Waals surface area contributed by atoms with Crippen LogP contribution in [0.4, 0.5) is 9.18 Å². The number of nitrogens with zero attached hydrogens (tertiary/aromatic N) is 3. The first-order chi connectivity index (χ1) is 15.8. The highest BCUT2D eigenvalue weighted by Gasteiger charge is 2.35. The van der Waals surface area contributed by atoms with Crippen molar-refractivity contribution in [2.75, 3.05) is 13.2 Å². The van der Waals surface area contributed by atoms with E-state index in [2.05, 4.69) is 5.10 Å². The Balaban J connectivity index is 1.71. The number of hydrogen-bond acceptors (Lipinski definition) is 5. The number of carboxylic acid groups (broad SMARTS) is 1. The van der Waals surface area contributed by atoms with Crippen molar-refractivity contribution in [3.05, 3.63) is 81.9 Å². The molecule has 0 bridgehead atoms. The molecule has 1 amide bonds. The molecule has 8 nitrogen and oxygen atoms in total. The molecule has 2 heterocycles. The summed E-state index contributed by atoms with van der Waals surface area (Å²) in [6.07, 6.45) is 3.21. The first-order valence-electron chi connectivity index (χ1n) is 10.2. The van der Waals surface area contributed by atoms with Crippen molar-refractivity contribution in [2.45, 2.75) is 26.1 Å². The molecule has 10 heteroatoms. The number of benzene rings is 2. The summed E-state index contributed by atoms with van der Waals surface area (Å²) in [5.41, 5.74) is 2.81. The van der Waals surface area contributed by atoms with Crippen molar-refractivity contribution in [3.8, 4) is 5.75 Å². The van der Waals surface area contributed by atoms with Gasteiger partial charge in [-0.15, -0.1) is 0 Å². The van der Waals surface area contributed by atoms with Crippen LogP contribution >= 0.6 is 11.6 Å². The van der Waals surface area contributed by atoms with Gasteiger partial charge >= 0.3 is 12.1 Å². The molecule has 33 heavy (non-hydrogen) atoms. The average molecular weight is 474 g/mol. The number of carbonyl (C=O) groups excluding carboxylic acids is 1. The maximum absolute atomic E-state index is 13.9. The van der Waals surface area contributed by atoms with Crippen LogP contribution in [0.1, 0.15) is 28.3 Å². The molecule has 0 fully saturated rings. The van der Waals surface area contributed by atoms with Crippen molar-refractivity contribution in [1.29, 1.82) is 0 Å². The third kappa shape index (κ3) is 5.09. The summed E-state index contributed by atoms with van der Waals surface area (Å²) >= 11 is 6.24. The molecular weight excluding hydrogens is 453 g/mol. The van der Waals surface area contributed by atoms with Gasteiger partial charge in [0, 0.05) is 23.3 Å². The molecule has 0 radical (unpaired) electrons. The number of aryl methyl sites for hydroxylation is 1. The molecule has 3 aromatic rings. The second-order valence-corrected chi connectivity index (χ2v) is 8.09. The number of ether oxygens (including phenoxy) is 2. The lowest BCUT2D eigenvalue weighted by atomic mass is 9.88. The van der Waals surface area contributed by atoms with Gasteiger partial charge in [0.2, 0.25) is 0 Å². The van der Waals surface area contributed by atoms with Crippen molar-refractivity contribution in [2.24, 2.45) is 0 Å². The molecule has 0 unspecified atom stereocenters. The van der Waals surface area contributed by atoms with E-state index in [1.54, 1.807) is 36.7 Å². The van der Waals surface area contributed by atoms with Crippen LogP contribution in [0.25, 0.3) is 0 Å². The zero-order chi connectivity index (χ0) is 23.5. The van der Waals surface area contributed by atoms with E-state index in [0.29, 0.717) is 22.6 Å². The van der Waals surface area contributed by atoms with Crippen molar-refractivity contribution < 1.29 is 28.6 Å². The predicted molar refractivity (Wildman–Crippen MR) is 117 cm³/mol. The number of aromatic nitrogens is 2. The van der Waals surface area contributed by atoms with E-state index < -0.39 is 24.7 Å². The SMILES string of the molecule is Cc1cnn(COC(=O)N2CCc3cc(F)ccc3[C@H]2c2cc(Cl)ccc2OCC(=O)O)c1. The minimum Gasteiger partial charge on any atom is -0.482 e. The lowest BCUT2D eigenvalue weighted by molar-refractivity contribution is -0.139. The maximum Gasteiger partial charge on any atom is 0.412 e. The van der Waals surface area contributed by atoms with Gasteiger partial charge in [-0.25, -0.2) is 18.7 Å². The Bertz CT molecular complexity index is 1200. The zero-order valence-electron chi connectivity index (χ0n) is 17.7. The normalized spacial score (nSPS) is 15.1. The zero-order valence-corrected chi connectivity index (χ0v) is 18.5. The number of halogens is 2. The topological polar surface area (TPSA) is 93.9 Å². The molecule has 0 saturated carbocycles. The Morgan fingerprint density at radius 1 is 1.24 bits per heavy atom. The Morgan fingerprint density at radius 3 is 2.79 bits per heavy atom. The van der Waals surface area contributed by atoms with E-state index in [-0.39, 0.29) is 24.8 Å². The van der Waals surface area contributed by atoms with Gasteiger partial charge in [0.15, 0.2) is 13.3 Å². The van der Waals surface area contributed by atoms with Gasteiger partial charge in [-0.2, -0.15) is 5.10 Å². The molecule has 1 N–H and O–H groups in total. The lowest BCUT2D eigenvalue weighted by Crippen LogP contribution is -2.41. The average Bonchev–Trinajstić information content (AvgIpc) is 3.20. The van der Waals surface area contributed by atoms with E-state index in [1.165, 1.54) is 21.7 Å². The van der Waals surface area contributed by atoms with Crippen LogP contribution in [0.3, 0.4) is 0 Å². The highest BCUT2D eigenvalue weighted by atomic mass is 35.5. The Hall–Kier alpha value is -3.59. The minimum atomic E-state index is -1.15. The van der Waals surface area contributed by atoms with Gasteiger partial charge in [-0.3, -0.25) is 4.90 Å². The van der Waals surface area contributed by atoms with Crippen LogP contribution in [0.2, 0.25) is 5.02 Å². The second kappa shape index (κ2) is 9.50. The summed E-state index contributed by atoms with van der Waals surface area (Å²) in [5, 5.41) is 13.5.